The zero-order valence-corrected chi connectivity index (χ0v) is 6.85. The fraction of sp³-hybridized carbons (Fsp3) is 0.714. The van der Waals surface area contributed by atoms with Crippen molar-refractivity contribution in [1.29, 1.82) is 5.26 Å². The molecule has 0 aliphatic rings. The summed E-state index contributed by atoms with van der Waals surface area (Å²) in [7, 11) is 1.59. The highest BCUT2D eigenvalue weighted by Gasteiger charge is 1.99. The van der Waals surface area contributed by atoms with Gasteiger partial charge >= 0.3 is 0 Å². The Bertz CT molecular complexity index is 162. The van der Waals surface area contributed by atoms with Crippen LogP contribution in [0.15, 0.2) is 0 Å². The summed E-state index contributed by atoms with van der Waals surface area (Å²) in [5, 5.41) is 13.7. The topological polar surface area (TPSA) is 64.9 Å². The minimum atomic E-state index is -0.181. The third-order valence-electron chi connectivity index (χ3n) is 1.28. The summed E-state index contributed by atoms with van der Waals surface area (Å²) in [6, 6.07) is 1.83. The van der Waals surface area contributed by atoms with Crippen LogP contribution in [0.25, 0.3) is 0 Å². The second-order valence-electron chi connectivity index (χ2n) is 2.23. The predicted octanol–water partition coefficient (Wildman–Crippen LogP) is -0.376. The number of carbonyl (C=O) groups is 1. The first-order chi connectivity index (χ1) is 5.20. The van der Waals surface area contributed by atoms with Crippen LogP contribution in [-0.2, 0) is 4.79 Å². The standard InChI is InChI=1S/C7H13N3O/c1-6(5-8)10-4-3-7(11)9-2/h6,10H,3-4H2,1-2H3,(H,9,11). The molecular formula is C7H13N3O. The molecule has 0 aliphatic carbocycles. The molecule has 0 heterocycles. The smallest absolute Gasteiger partial charge is 0.221 e. The number of amides is 1. The van der Waals surface area contributed by atoms with Gasteiger partial charge in [-0.3, -0.25) is 4.79 Å². The number of nitrogens with zero attached hydrogens (tertiary/aromatic N) is 1. The Balaban J connectivity index is 3.29. The van der Waals surface area contributed by atoms with E-state index in [-0.39, 0.29) is 11.9 Å². The van der Waals surface area contributed by atoms with E-state index in [1.807, 2.05) is 6.07 Å². The fourth-order valence-corrected chi connectivity index (χ4v) is 0.573. The molecule has 0 aromatic carbocycles. The quantitative estimate of drug-likeness (QED) is 0.582. The van der Waals surface area contributed by atoms with Crippen LogP contribution in [0.2, 0.25) is 0 Å². The van der Waals surface area contributed by atoms with Crippen LogP contribution >= 0.6 is 0 Å². The normalized spacial score (nSPS) is 11.7. The van der Waals surface area contributed by atoms with Crippen molar-refractivity contribution >= 4 is 5.91 Å². The molecule has 4 nitrogen and oxygen atoms in total. The number of carbonyl (C=O) groups excluding carboxylic acids is 1. The lowest BCUT2D eigenvalue weighted by atomic mass is 10.3. The number of nitriles is 1. The van der Waals surface area contributed by atoms with Gasteiger partial charge in [0.15, 0.2) is 0 Å². The van der Waals surface area contributed by atoms with E-state index in [0.717, 1.165) is 0 Å². The number of hydrogen-bond donors (Lipinski definition) is 2. The van der Waals surface area contributed by atoms with Gasteiger partial charge in [0.1, 0.15) is 0 Å². The van der Waals surface area contributed by atoms with Gasteiger partial charge in [-0.25, -0.2) is 0 Å². The molecule has 62 valence electrons. The third kappa shape index (κ3) is 5.37. The molecular weight excluding hydrogens is 142 g/mol. The number of hydrogen-bond acceptors (Lipinski definition) is 3. The lowest BCUT2D eigenvalue weighted by Crippen LogP contribution is -2.29. The Morgan fingerprint density at radius 2 is 2.36 bits per heavy atom. The average molecular weight is 155 g/mol. The Morgan fingerprint density at radius 1 is 1.73 bits per heavy atom. The molecule has 1 unspecified atom stereocenters. The summed E-state index contributed by atoms with van der Waals surface area (Å²) >= 11 is 0. The van der Waals surface area contributed by atoms with Crippen LogP contribution in [0.3, 0.4) is 0 Å². The van der Waals surface area contributed by atoms with Gasteiger partial charge < -0.3 is 10.6 Å². The zero-order chi connectivity index (χ0) is 8.69. The van der Waals surface area contributed by atoms with Gasteiger partial charge in [0.25, 0.3) is 0 Å². The Labute approximate surface area is 66.6 Å². The lowest BCUT2D eigenvalue weighted by molar-refractivity contribution is -0.120. The number of rotatable bonds is 4. The maximum Gasteiger partial charge on any atom is 0.221 e. The van der Waals surface area contributed by atoms with Crippen LogP contribution in [0.5, 0.6) is 0 Å². The summed E-state index contributed by atoms with van der Waals surface area (Å²) in [5.41, 5.74) is 0. The fourth-order valence-electron chi connectivity index (χ4n) is 0.573. The molecule has 1 atom stereocenters. The summed E-state index contributed by atoms with van der Waals surface area (Å²) in [6.45, 7) is 2.30. The summed E-state index contributed by atoms with van der Waals surface area (Å²) in [5.74, 6) is -0.0114. The highest BCUT2D eigenvalue weighted by Crippen LogP contribution is 1.79. The van der Waals surface area contributed by atoms with Gasteiger partial charge in [-0.2, -0.15) is 5.26 Å². The van der Waals surface area contributed by atoms with Gasteiger partial charge in [-0.1, -0.05) is 0 Å². The van der Waals surface area contributed by atoms with Crippen molar-refractivity contribution in [1.82, 2.24) is 10.6 Å². The van der Waals surface area contributed by atoms with Crippen molar-refractivity contribution < 1.29 is 4.79 Å². The van der Waals surface area contributed by atoms with Gasteiger partial charge in [-0.15, -0.1) is 0 Å². The molecule has 0 aliphatic heterocycles. The van der Waals surface area contributed by atoms with E-state index in [4.69, 9.17) is 5.26 Å². The minimum absolute atomic E-state index is 0.0114. The average Bonchev–Trinajstić information content (AvgIpc) is 2.04. The maximum atomic E-state index is 10.6. The second kappa shape index (κ2) is 5.69. The maximum absolute atomic E-state index is 10.6. The first-order valence-electron chi connectivity index (χ1n) is 3.54. The summed E-state index contributed by atoms with van der Waals surface area (Å²) < 4.78 is 0. The molecule has 0 rings (SSSR count). The van der Waals surface area contributed by atoms with E-state index >= 15 is 0 Å². The van der Waals surface area contributed by atoms with Crippen LogP contribution in [0, 0.1) is 11.3 Å². The second-order valence-corrected chi connectivity index (χ2v) is 2.23. The van der Waals surface area contributed by atoms with Crippen molar-refractivity contribution in [2.24, 2.45) is 0 Å². The van der Waals surface area contributed by atoms with Crippen molar-refractivity contribution in [2.75, 3.05) is 13.6 Å². The highest BCUT2D eigenvalue weighted by molar-refractivity contribution is 5.75. The van der Waals surface area contributed by atoms with E-state index in [0.29, 0.717) is 13.0 Å². The highest BCUT2D eigenvalue weighted by atomic mass is 16.1. The summed E-state index contributed by atoms with van der Waals surface area (Å²) in [6.07, 6.45) is 0.419. The van der Waals surface area contributed by atoms with Gasteiger partial charge in [0.2, 0.25) is 5.91 Å². The molecule has 0 radical (unpaired) electrons. The molecule has 0 saturated carbocycles. The Morgan fingerprint density at radius 3 is 2.82 bits per heavy atom. The largest absolute Gasteiger partial charge is 0.359 e. The van der Waals surface area contributed by atoms with E-state index < -0.39 is 0 Å². The molecule has 11 heavy (non-hydrogen) atoms. The molecule has 2 N–H and O–H groups in total. The summed E-state index contributed by atoms with van der Waals surface area (Å²) in [4.78, 5) is 10.6. The van der Waals surface area contributed by atoms with E-state index in [1.54, 1.807) is 14.0 Å². The van der Waals surface area contributed by atoms with Crippen LogP contribution < -0.4 is 10.6 Å². The van der Waals surface area contributed by atoms with Crippen molar-refractivity contribution in [3.8, 4) is 6.07 Å². The monoisotopic (exact) mass is 155 g/mol. The van der Waals surface area contributed by atoms with Crippen LogP contribution in [0.1, 0.15) is 13.3 Å². The van der Waals surface area contributed by atoms with E-state index in [2.05, 4.69) is 10.6 Å². The molecule has 4 heteroatoms. The Kier molecular flexibility index (Phi) is 5.13. The first kappa shape index (κ1) is 9.92. The van der Waals surface area contributed by atoms with Crippen molar-refractivity contribution in [3.05, 3.63) is 0 Å². The molecule has 0 saturated heterocycles. The SMILES string of the molecule is CNC(=O)CCNC(C)C#N. The predicted molar refractivity (Wildman–Crippen MR) is 41.8 cm³/mol. The Hall–Kier alpha value is -1.08. The lowest BCUT2D eigenvalue weighted by Gasteiger charge is -2.03. The van der Waals surface area contributed by atoms with Crippen LogP contribution in [-0.4, -0.2) is 25.5 Å². The van der Waals surface area contributed by atoms with Gasteiger partial charge in [0.05, 0.1) is 12.1 Å². The van der Waals surface area contributed by atoms with Crippen molar-refractivity contribution in [2.45, 2.75) is 19.4 Å². The third-order valence-corrected chi connectivity index (χ3v) is 1.28. The molecule has 0 spiro atoms. The zero-order valence-electron chi connectivity index (χ0n) is 6.85. The van der Waals surface area contributed by atoms with Gasteiger partial charge in [-0.05, 0) is 6.92 Å². The number of nitrogens with one attached hydrogen (secondary N) is 2. The molecule has 1 amide bonds. The molecule has 0 aromatic heterocycles. The first-order valence-corrected chi connectivity index (χ1v) is 3.54. The van der Waals surface area contributed by atoms with Crippen molar-refractivity contribution in [3.63, 3.8) is 0 Å². The molecule has 0 aromatic rings. The van der Waals surface area contributed by atoms with E-state index in [9.17, 15) is 4.79 Å². The van der Waals surface area contributed by atoms with Gasteiger partial charge in [0, 0.05) is 20.0 Å². The van der Waals surface area contributed by atoms with E-state index in [1.165, 1.54) is 0 Å². The molecule has 0 fully saturated rings. The van der Waals surface area contributed by atoms with Crippen LogP contribution in [0.4, 0.5) is 0 Å². The molecule has 0 bridgehead atoms. The minimum Gasteiger partial charge on any atom is -0.359 e.